The molecule has 1 aromatic rings. The van der Waals surface area contributed by atoms with E-state index in [1.165, 1.54) is 0 Å². The van der Waals surface area contributed by atoms with Crippen molar-refractivity contribution in [2.24, 2.45) is 0 Å². The average Bonchev–Trinajstić information content (AvgIpc) is 2.40. The van der Waals surface area contributed by atoms with E-state index in [0.717, 1.165) is 11.1 Å². The van der Waals surface area contributed by atoms with Crippen LogP contribution in [0.25, 0.3) is 0 Å². The van der Waals surface area contributed by atoms with Crippen molar-refractivity contribution >= 4 is 13.8 Å². The van der Waals surface area contributed by atoms with Gasteiger partial charge >= 0.3 is 13.8 Å². The highest BCUT2D eigenvalue weighted by Crippen LogP contribution is 2.35. The van der Waals surface area contributed by atoms with Crippen molar-refractivity contribution in [1.29, 1.82) is 0 Å². The average molecular weight is 331 g/mol. The number of hydrogen-bond donors (Lipinski definition) is 2. The summed E-state index contributed by atoms with van der Waals surface area (Å²) in [5, 5.41) is 0. The molecule has 1 aromatic carbocycles. The van der Waals surface area contributed by atoms with Crippen molar-refractivity contribution in [3.8, 4) is 5.75 Å². The number of para-hydroxylation sites is 1. The molecule has 2 N–H and O–H groups in total. The molecule has 0 unspecified atom stereocenters. The second-order valence-corrected chi connectivity index (χ2v) is 6.13. The molecule has 0 spiro atoms. The molecular formula is C14H22NO6P. The summed E-state index contributed by atoms with van der Waals surface area (Å²) < 4.78 is 20.4. The standard InChI is InChI=1S/C14H22NO6P/c1-4-15(8-9-20-22(17,18)19)10-13(16)21-14-11(2)6-5-7-12(14)3/h5-7H,4,8-10H2,1-3H3,(H2,17,18,19). The molecule has 0 heterocycles. The van der Waals surface area contributed by atoms with E-state index in [1.807, 2.05) is 39.0 Å². The Labute approximate surface area is 130 Å². The van der Waals surface area contributed by atoms with Crippen molar-refractivity contribution in [2.45, 2.75) is 20.8 Å². The minimum absolute atomic E-state index is 0.0226. The van der Waals surface area contributed by atoms with Crippen LogP contribution in [0.4, 0.5) is 0 Å². The molecule has 0 radical (unpaired) electrons. The van der Waals surface area contributed by atoms with Crippen LogP contribution in [-0.2, 0) is 13.9 Å². The predicted octanol–water partition coefficient (Wildman–Crippen LogP) is 1.64. The minimum atomic E-state index is -4.48. The maximum Gasteiger partial charge on any atom is 0.469 e. The molecule has 0 saturated carbocycles. The molecule has 8 heteroatoms. The lowest BCUT2D eigenvalue weighted by Crippen LogP contribution is -2.34. The van der Waals surface area contributed by atoms with Gasteiger partial charge in [0.25, 0.3) is 0 Å². The predicted molar refractivity (Wildman–Crippen MR) is 81.7 cm³/mol. The molecule has 7 nitrogen and oxygen atoms in total. The molecule has 0 fully saturated rings. The second-order valence-electron chi connectivity index (χ2n) is 4.89. The highest BCUT2D eigenvalue weighted by molar-refractivity contribution is 7.46. The van der Waals surface area contributed by atoms with Crippen LogP contribution < -0.4 is 4.74 Å². The lowest BCUT2D eigenvalue weighted by Gasteiger charge is -2.20. The first-order chi connectivity index (χ1) is 10.2. The molecule has 0 saturated heterocycles. The third-order valence-electron chi connectivity index (χ3n) is 3.09. The lowest BCUT2D eigenvalue weighted by atomic mass is 10.1. The number of likely N-dealkylation sites (N-methyl/N-ethyl adjacent to an activating group) is 1. The van der Waals surface area contributed by atoms with Crippen molar-refractivity contribution in [1.82, 2.24) is 4.90 Å². The second kappa shape index (κ2) is 8.41. The van der Waals surface area contributed by atoms with Gasteiger partial charge in [0.1, 0.15) is 5.75 Å². The zero-order chi connectivity index (χ0) is 16.8. The van der Waals surface area contributed by atoms with Gasteiger partial charge in [-0.3, -0.25) is 14.2 Å². The van der Waals surface area contributed by atoms with Gasteiger partial charge in [0.05, 0.1) is 13.2 Å². The molecule has 1 rings (SSSR count). The largest absolute Gasteiger partial charge is 0.469 e. The summed E-state index contributed by atoms with van der Waals surface area (Å²) in [5.41, 5.74) is 1.75. The molecule has 0 aliphatic rings. The molecule has 124 valence electrons. The van der Waals surface area contributed by atoms with E-state index in [-0.39, 0.29) is 19.7 Å². The Hall–Kier alpha value is -1.24. The number of phosphoric acid groups is 1. The third kappa shape index (κ3) is 6.68. The maximum absolute atomic E-state index is 12.0. The number of hydrogen-bond acceptors (Lipinski definition) is 5. The van der Waals surface area contributed by atoms with Gasteiger partial charge in [-0.05, 0) is 31.5 Å². The van der Waals surface area contributed by atoms with Crippen LogP contribution in [-0.4, -0.2) is 46.9 Å². The number of benzene rings is 1. The summed E-state index contributed by atoms with van der Waals surface area (Å²) in [5.74, 6) is 0.130. The monoisotopic (exact) mass is 331 g/mol. The van der Waals surface area contributed by atoms with Gasteiger partial charge in [0.15, 0.2) is 0 Å². The molecule has 0 atom stereocenters. The fraction of sp³-hybridized carbons (Fsp3) is 0.500. The van der Waals surface area contributed by atoms with Crippen molar-refractivity contribution < 1.29 is 28.4 Å². The highest BCUT2D eigenvalue weighted by atomic mass is 31.2. The number of esters is 1. The fourth-order valence-corrected chi connectivity index (χ4v) is 2.25. The van der Waals surface area contributed by atoms with E-state index in [2.05, 4.69) is 4.52 Å². The van der Waals surface area contributed by atoms with Gasteiger partial charge in [0.2, 0.25) is 0 Å². The van der Waals surface area contributed by atoms with E-state index in [1.54, 1.807) is 4.90 Å². The third-order valence-corrected chi connectivity index (χ3v) is 3.61. The van der Waals surface area contributed by atoms with Crippen molar-refractivity contribution in [3.05, 3.63) is 29.3 Å². The van der Waals surface area contributed by atoms with E-state index in [9.17, 15) is 9.36 Å². The van der Waals surface area contributed by atoms with Crippen molar-refractivity contribution in [2.75, 3.05) is 26.2 Å². The zero-order valence-corrected chi connectivity index (χ0v) is 13.9. The molecule has 0 aliphatic carbocycles. The Kier molecular flexibility index (Phi) is 7.19. The van der Waals surface area contributed by atoms with Gasteiger partial charge in [-0.25, -0.2) is 4.57 Å². The summed E-state index contributed by atoms with van der Waals surface area (Å²) >= 11 is 0. The lowest BCUT2D eigenvalue weighted by molar-refractivity contribution is -0.135. The van der Waals surface area contributed by atoms with Crippen LogP contribution in [0.5, 0.6) is 5.75 Å². The normalized spacial score (nSPS) is 11.7. The number of rotatable bonds is 8. The molecule has 0 amide bonds. The Morgan fingerprint density at radius 3 is 2.36 bits per heavy atom. The quantitative estimate of drug-likeness (QED) is 0.425. The van der Waals surface area contributed by atoms with E-state index >= 15 is 0 Å². The van der Waals surface area contributed by atoms with E-state index in [4.69, 9.17) is 14.5 Å². The summed E-state index contributed by atoms with van der Waals surface area (Å²) in [6.45, 7) is 6.19. The number of nitrogens with zero attached hydrogens (tertiary/aromatic N) is 1. The smallest absolute Gasteiger partial charge is 0.425 e. The first-order valence-electron chi connectivity index (χ1n) is 6.92. The molecule has 0 aromatic heterocycles. The Morgan fingerprint density at radius 2 is 1.86 bits per heavy atom. The van der Waals surface area contributed by atoms with Crippen LogP contribution >= 0.6 is 7.82 Å². The Morgan fingerprint density at radius 1 is 1.27 bits per heavy atom. The fourth-order valence-electron chi connectivity index (χ4n) is 1.93. The highest BCUT2D eigenvalue weighted by Gasteiger charge is 2.17. The van der Waals surface area contributed by atoms with Gasteiger partial charge in [-0.1, -0.05) is 25.1 Å². The molecule has 22 heavy (non-hydrogen) atoms. The minimum Gasteiger partial charge on any atom is -0.425 e. The molecule has 0 aliphatic heterocycles. The van der Waals surface area contributed by atoms with Crippen LogP contribution in [0.1, 0.15) is 18.1 Å². The van der Waals surface area contributed by atoms with Crippen LogP contribution in [0.2, 0.25) is 0 Å². The van der Waals surface area contributed by atoms with E-state index < -0.39 is 13.8 Å². The van der Waals surface area contributed by atoms with Crippen LogP contribution in [0, 0.1) is 13.8 Å². The number of carbonyl (C=O) groups excluding carboxylic acids is 1. The number of ether oxygens (including phenoxy) is 1. The Balaban J connectivity index is 2.53. The summed E-state index contributed by atoms with van der Waals surface area (Å²) in [4.78, 5) is 30.9. The van der Waals surface area contributed by atoms with E-state index in [0.29, 0.717) is 12.3 Å². The topological polar surface area (TPSA) is 96.3 Å². The number of phosphoric ester groups is 1. The van der Waals surface area contributed by atoms with Gasteiger partial charge in [-0.2, -0.15) is 0 Å². The summed E-state index contributed by atoms with van der Waals surface area (Å²) in [7, 11) is -4.48. The molecular weight excluding hydrogens is 309 g/mol. The SMILES string of the molecule is CCN(CCOP(=O)(O)O)CC(=O)Oc1c(C)cccc1C. The van der Waals surface area contributed by atoms with Crippen LogP contribution in [0.3, 0.4) is 0 Å². The first kappa shape index (κ1) is 18.8. The zero-order valence-electron chi connectivity index (χ0n) is 13.0. The number of aryl methyl sites for hydroxylation is 2. The van der Waals surface area contributed by atoms with Gasteiger partial charge in [0, 0.05) is 6.54 Å². The van der Waals surface area contributed by atoms with Gasteiger partial charge < -0.3 is 14.5 Å². The van der Waals surface area contributed by atoms with Crippen molar-refractivity contribution in [3.63, 3.8) is 0 Å². The maximum atomic E-state index is 12.0. The number of carbonyl (C=O) groups is 1. The van der Waals surface area contributed by atoms with Gasteiger partial charge in [-0.15, -0.1) is 0 Å². The summed E-state index contributed by atoms with van der Waals surface area (Å²) in [6.07, 6.45) is 0. The first-order valence-corrected chi connectivity index (χ1v) is 8.45. The molecule has 0 bridgehead atoms. The Bertz CT molecular complexity index is 536. The summed E-state index contributed by atoms with van der Waals surface area (Å²) in [6, 6.07) is 5.61. The van der Waals surface area contributed by atoms with Crippen LogP contribution in [0.15, 0.2) is 18.2 Å².